The Kier molecular flexibility index (Phi) is 3.11. The molecule has 3 aromatic rings. The number of aromatic nitrogens is 3. The van der Waals surface area contributed by atoms with Crippen molar-refractivity contribution in [2.24, 2.45) is 4.99 Å². The van der Waals surface area contributed by atoms with Crippen LogP contribution in [0.5, 0.6) is 0 Å². The summed E-state index contributed by atoms with van der Waals surface area (Å²) in [6.45, 7) is 2.93. The van der Waals surface area contributed by atoms with E-state index in [4.69, 9.17) is 0 Å². The number of aryl methyl sites for hydroxylation is 1. The Bertz CT molecular complexity index is 954. The monoisotopic (exact) mass is 310 g/mol. The van der Waals surface area contributed by atoms with Crippen LogP contribution < -0.4 is 5.56 Å². The summed E-state index contributed by atoms with van der Waals surface area (Å²) < 4.78 is 1.75. The van der Waals surface area contributed by atoms with Crippen LogP contribution in [0.15, 0.2) is 34.3 Å². The Morgan fingerprint density at radius 1 is 1.32 bits per heavy atom. The number of hydrogen-bond donors (Lipinski definition) is 0. The molecule has 5 nitrogen and oxygen atoms in total. The fraction of sp³-hybridized carbons (Fsp3) is 0.250. The molecule has 4 heterocycles. The van der Waals surface area contributed by atoms with Crippen LogP contribution in [0.3, 0.4) is 0 Å². The predicted molar refractivity (Wildman–Crippen MR) is 87.9 cm³/mol. The quantitative estimate of drug-likeness (QED) is 0.730. The molecule has 0 bridgehead atoms. The number of aliphatic imine (C=N–C) groups is 1. The first-order valence-corrected chi connectivity index (χ1v) is 7.94. The number of nitrogens with zero attached hydrogens (tertiary/aromatic N) is 4. The first-order chi connectivity index (χ1) is 10.7. The average Bonchev–Trinajstić information content (AvgIpc) is 2.97. The molecule has 0 fully saturated rings. The number of hydrogen-bond acceptors (Lipinski definition) is 5. The zero-order chi connectivity index (χ0) is 15.1. The second-order valence-corrected chi connectivity index (χ2v) is 6.62. The van der Waals surface area contributed by atoms with E-state index in [0.717, 1.165) is 32.0 Å². The fourth-order valence-electron chi connectivity index (χ4n) is 2.89. The zero-order valence-corrected chi connectivity index (χ0v) is 12.9. The zero-order valence-electron chi connectivity index (χ0n) is 12.1. The van der Waals surface area contributed by atoms with Crippen LogP contribution in [0, 0.1) is 6.92 Å². The molecular weight excluding hydrogens is 296 g/mol. The topological polar surface area (TPSA) is 60.1 Å². The van der Waals surface area contributed by atoms with Gasteiger partial charge in [-0.05, 0) is 24.6 Å². The third kappa shape index (κ3) is 2.07. The van der Waals surface area contributed by atoms with Crippen molar-refractivity contribution in [3.63, 3.8) is 0 Å². The van der Waals surface area contributed by atoms with Gasteiger partial charge in [-0.3, -0.25) is 14.4 Å². The van der Waals surface area contributed by atoms with E-state index in [-0.39, 0.29) is 5.56 Å². The summed E-state index contributed by atoms with van der Waals surface area (Å²) in [7, 11) is 0. The van der Waals surface area contributed by atoms with Crippen LogP contribution >= 0.6 is 11.3 Å². The highest BCUT2D eigenvalue weighted by molar-refractivity contribution is 7.11. The van der Waals surface area contributed by atoms with Gasteiger partial charge in [0.15, 0.2) is 0 Å². The van der Waals surface area contributed by atoms with Gasteiger partial charge in [0.25, 0.3) is 5.56 Å². The molecule has 0 aromatic carbocycles. The van der Waals surface area contributed by atoms with Crippen LogP contribution in [-0.4, -0.2) is 20.7 Å². The maximum absolute atomic E-state index is 12.9. The molecular formula is C16H14N4OS. The standard InChI is InChI=1S/C16H14N4OS/c1-10-19-7-11(22-10)9-20-15-13(3-2-5-18-15)12-4-6-17-8-14(12)16(20)21/h2-3,5-7H,4,8-9H2,1H3. The lowest BCUT2D eigenvalue weighted by Crippen LogP contribution is -2.28. The molecule has 0 amide bonds. The minimum absolute atomic E-state index is 0.0177. The van der Waals surface area contributed by atoms with E-state index < -0.39 is 0 Å². The third-order valence-electron chi connectivity index (χ3n) is 3.89. The summed E-state index contributed by atoms with van der Waals surface area (Å²) in [5, 5.41) is 2.05. The lowest BCUT2D eigenvalue weighted by atomic mass is 10.0. The molecule has 0 saturated heterocycles. The third-order valence-corrected chi connectivity index (χ3v) is 4.79. The molecule has 0 N–H and O–H groups in total. The lowest BCUT2D eigenvalue weighted by Gasteiger charge is -2.17. The number of pyridine rings is 2. The summed E-state index contributed by atoms with van der Waals surface area (Å²) in [5.41, 5.74) is 2.63. The predicted octanol–water partition coefficient (Wildman–Crippen LogP) is 2.34. The van der Waals surface area contributed by atoms with Gasteiger partial charge in [-0.25, -0.2) is 9.97 Å². The molecule has 6 heteroatoms. The Morgan fingerprint density at radius 2 is 2.23 bits per heavy atom. The minimum Gasteiger partial charge on any atom is -0.292 e. The van der Waals surface area contributed by atoms with Crippen LogP contribution in [0.25, 0.3) is 11.0 Å². The van der Waals surface area contributed by atoms with Gasteiger partial charge < -0.3 is 0 Å². The molecule has 0 radical (unpaired) electrons. The van der Waals surface area contributed by atoms with Crippen molar-refractivity contribution >= 4 is 28.6 Å². The van der Waals surface area contributed by atoms with Gasteiger partial charge in [0.1, 0.15) is 5.65 Å². The second-order valence-electron chi connectivity index (χ2n) is 5.30. The molecule has 0 aliphatic carbocycles. The molecule has 3 aromatic heterocycles. The number of fused-ring (bicyclic) bond motifs is 3. The van der Waals surface area contributed by atoms with E-state index in [1.165, 1.54) is 0 Å². The van der Waals surface area contributed by atoms with Gasteiger partial charge in [-0.15, -0.1) is 11.3 Å². The van der Waals surface area contributed by atoms with Crippen molar-refractivity contribution in [1.29, 1.82) is 0 Å². The molecule has 0 spiro atoms. The minimum atomic E-state index is 0.0177. The largest absolute Gasteiger partial charge is 0.292 e. The smallest absolute Gasteiger partial charge is 0.257 e. The van der Waals surface area contributed by atoms with Gasteiger partial charge in [0, 0.05) is 40.9 Å². The summed E-state index contributed by atoms with van der Waals surface area (Å²) in [4.78, 5) is 26.9. The van der Waals surface area contributed by atoms with E-state index in [9.17, 15) is 4.79 Å². The van der Waals surface area contributed by atoms with Crippen LogP contribution in [0.1, 0.15) is 21.0 Å². The number of thiazole rings is 1. The molecule has 1 aliphatic heterocycles. The van der Waals surface area contributed by atoms with E-state index in [0.29, 0.717) is 19.5 Å². The average molecular weight is 310 g/mol. The molecule has 0 saturated carbocycles. The van der Waals surface area contributed by atoms with Crippen molar-refractivity contribution in [3.8, 4) is 0 Å². The summed E-state index contributed by atoms with van der Waals surface area (Å²) in [6, 6.07) is 3.95. The molecule has 1 aliphatic rings. The highest BCUT2D eigenvalue weighted by atomic mass is 32.1. The first kappa shape index (κ1) is 13.3. The van der Waals surface area contributed by atoms with Crippen LogP contribution in [-0.2, 0) is 19.5 Å². The van der Waals surface area contributed by atoms with Gasteiger partial charge in [0.2, 0.25) is 0 Å². The maximum atomic E-state index is 12.9. The van der Waals surface area contributed by atoms with E-state index in [2.05, 4.69) is 15.0 Å². The second kappa shape index (κ2) is 5.14. The van der Waals surface area contributed by atoms with Gasteiger partial charge in [-0.1, -0.05) is 0 Å². The van der Waals surface area contributed by atoms with Crippen LogP contribution in [0.2, 0.25) is 0 Å². The molecule has 110 valence electrons. The van der Waals surface area contributed by atoms with Crippen LogP contribution in [0.4, 0.5) is 0 Å². The molecule has 4 rings (SSSR count). The van der Waals surface area contributed by atoms with E-state index in [1.54, 1.807) is 22.1 Å². The number of rotatable bonds is 2. The highest BCUT2D eigenvalue weighted by Gasteiger charge is 2.18. The van der Waals surface area contributed by atoms with E-state index >= 15 is 0 Å². The van der Waals surface area contributed by atoms with Crippen molar-refractivity contribution in [2.75, 3.05) is 0 Å². The van der Waals surface area contributed by atoms with Gasteiger partial charge in [0.05, 0.1) is 18.1 Å². The molecule has 22 heavy (non-hydrogen) atoms. The summed E-state index contributed by atoms with van der Waals surface area (Å²) >= 11 is 1.61. The maximum Gasteiger partial charge on any atom is 0.257 e. The normalized spacial score (nSPS) is 13.5. The van der Waals surface area contributed by atoms with Crippen molar-refractivity contribution < 1.29 is 0 Å². The SMILES string of the molecule is Cc1ncc(Cn2c(=O)c3c(c4cccnc42)CC=NC3)s1. The molecule has 0 atom stereocenters. The lowest BCUT2D eigenvalue weighted by molar-refractivity contribution is 0.768. The Hall–Kier alpha value is -2.34. The Labute approximate surface area is 131 Å². The van der Waals surface area contributed by atoms with Crippen molar-refractivity contribution in [3.05, 3.63) is 55.9 Å². The molecule has 0 unspecified atom stereocenters. The first-order valence-electron chi connectivity index (χ1n) is 7.13. The summed E-state index contributed by atoms with van der Waals surface area (Å²) in [6.07, 6.45) is 6.15. The fourth-order valence-corrected chi connectivity index (χ4v) is 3.67. The Morgan fingerprint density at radius 3 is 3.05 bits per heavy atom. The highest BCUT2D eigenvalue weighted by Crippen LogP contribution is 2.23. The Balaban J connectivity index is 1.98. The van der Waals surface area contributed by atoms with E-state index in [1.807, 2.05) is 31.5 Å². The van der Waals surface area contributed by atoms with Gasteiger partial charge >= 0.3 is 0 Å². The van der Waals surface area contributed by atoms with Crippen molar-refractivity contribution in [1.82, 2.24) is 14.5 Å². The van der Waals surface area contributed by atoms with Crippen molar-refractivity contribution in [2.45, 2.75) is 26.4 Å². The summed E-state index contributed by atoms with van der Waals surface area (Å²) in [5.74, 6) is 0. The van der Waals surface area contributed by atoms with Gasteiger partial charge in [-0.2, -0.15) is 0 Å².